The third kappa shape index (κ3) is 4.73. The van der Waals surface area contributed by atoms with Crippen LogP contribution in [0.15, 0.2) is 66.7 Å². The molecule has 0 aliphatic heterocycles. The van der Waals surface area contributed by atoms with Crippen LogP contribution in [-0.2, 0) is 9.53 Å². The largest absolute Gasteiger partial charge is 0.481 e. The summed E-state index contributed by atoms with van der Waals surface area (Å²) in [6.07, 6.45) is -0.251. The first-order chi connectivity index (χ1) is 16.9. The molecule has 2 aliphatic carbocycles. The molecule has 0 unspecified atom stereocenters. The van der Waals surface area contributed by atoms with Gasteiger partial charge in [-0.25, -0.2) is 9.18 Å². The van der Waals surface area contributed by atoms with Crippen molar-refractivity contribution in [3.63, 3.8) is 0 Å². The number of carbonyl (C=O) groups excluding carboxylic acids is 2. The van der Waals surface area contributed by atoms with Gasteiger partial charge in [0.25, 0.3) is 5.91 Å². The van der Waals surface area contributed by atoms with E-state index in [0.717, 1.165) is 34.4 Å². The summed E-state index contributed by atoms with van der Waals surface area (Å²) in [7, 11) is 0. The number of ether oxygens (including phenoxy) is 1. The lowest BCUT2D eigenvalue weighted by Gasteiger charge is -2.15. The maximum absolute atomic E-state index is 14.1. The molecule has 3 aromatic rings. The minimum atomic E-state index is -0.885. The Morgan fingerprint density at radius 3 is 2.26 bits per heavy atom. The van der Waals surface area contributed by atoms with Crippen molar-refractivity contribution in [2.24, 2.45) is 11.8 Å². The van der Waals surface area contributed by atoms with Crippen LogP contribution in [0.5, 0.6) is 0 Å². The number of halogens is 1. The Kier molecular flexibility index (Phi) is 5.94. The lowest BCUT2D eigenvalue weighted by Crippen LogP contribution is -2.27. The molecule has 2 aliphatic rings. The predicted molar refractivity (Wildman–Crippen MR) is 127 cm³/mol. The number of aliphatic carboxylic acids is 1. The molecule has 2 amide bonds. The van der Waals surface area contributed by atoms with E-state index in [1.165, 1.54) is 6.07 Å². The number of hydrogen-bond donors (Lipinski definition) is 3. The van der Waals surface area contributed by atoms with E-state index in [2.05, 4.69) is 10.6 Å². The SMILES string of the molecule is O=C(Nc1cc(F)cc(C(=O)NC[C@@H]2C[C@@H]2C(=O)O)c1)OCC1c2ccccc2-c2ccccc21. The van der Waals surface area contributed by atoms with Crippen LogP contribution in [-0.4, -0.2) is 36.2 Å². The maximum Gasteiger partial charge on any atom is 0.411 e. The molecule has 0 heterocycles. The van der Waals surface area contributed by atoms with Crippen LogP contribution in [0.25, 0.3) is 11.1 Å². The minimum Gasteiger partial charge on any atom is -0.481 e. The second-order valence-electron chi connectivity index (χ2n) is 8.83. The number of amides is 2. The molecule has 0 bridgehead atoms. The number of fused-ring (bicyclic) bond motifs is 3. The standard InChI is InChI=1S/C27H23FN2O5/c28-17-9-15(25(31)29-13-16-11-23(16)26(32)33)10-18(12-17)30-27(34)35-14-24-21-7-3-1-5-19(21)20-6-2-4-8-22(20)24/h1-10,12,16,23-24H,11,13-14H2,(H,29,31)(H,30,34)(H,32,33)/t16-,23-/m0/s1. The van der Waals surface area contributed by atoms with Gasteiger partial charge in [-0.15, -0.1) is 0 Å². The summed E-state index contributed by atoms with van der Waals surface area (Å²) >= 11 is 0. The van der Waals surface area contributed by atoms with E-state index in [4.69, 9.17) is 9.84 Å². The number of nitrogens with one attached hydrogen (secondary N) is 2. The van der Waals surface area contributed by atoms with Gasteiger partial charge in [0.2, 0.25) is 0 Å². The van der Waals surface area contributed by atoms with Crippen LogP contribution in [0.2, 0.25) is 0 Å². The third-order valence-electron chi connectivity index (χ3n) is 6.51. The number of hydrogen-bond acceptors (Lipinski definition) is 4. The van der Waals surface area contributed by atoms with E-state index in [-0.39, 0.29) is 36.2 Å². The van der Waals surface area contributed by atoms with Gasteiger partial charge < -0.3 is 15.2 Å². The average Bonchev–Trinajstić information content (AvgIpc) is 3.56. The van der Waals surface area contributed by atoms with E-state index in [1.807, 2.05) is 48.5 Å². The molecule has 1 saturated carbocycles. The maximum atomic E-state index is 14.1. The molecule has 2 atom stereocenters. The zero-order valence-electron chi connectivity index (χ0n) is 18.7. The van der Waals surface area contributed by atoms with Crippen molar-refractivity contribution in [2.45, 2.75) is 12.3 Å². The van der Waals surface area contributed by atoms with E-state index in [0.29, 0.717) is 6.42 Å². The topological polar surface area (TPSA) is 105 Å². The molecule has 35 heavy (non-hydrogen) atoms. The lowest BCUT2D eigenvalue weighted by molar-refractivity contribution is -0.138. The smallest absolute Gasteiger partial charge is 0.411 e. The first kappa shape index (κ1) is 22.6. The van der Waals surface area contributed by atoms with Crippen molar-refractivity contribution in [2.75, 3.05) is 18.5 Å². The zero-order valence-corrected chi connectivity index (χ0v) is 18.7. The highest BCUT2D eigenvalue weighted by molar-refractivity contribution is 5.96. The van der Waals surface area contributed by atoms with E-state index in [9.17, 15) is 18.8 Å². The van der Waals surface area contributed by atoms with Gasteiger partial charge in [-0.05, 0) is 52.8 Å². The molecule has 8 heteroatoms. The Bertz CT molecular complexity index is 1280. The van der Waals surface area contributed by atoms with E-state index >= 15 is 0 Å². The van der Waals surface area contributed by atoms with Gasteiger partial charge >= 0.3 is 12.1 Å². The number of carbonyl (C=O) groups is 3. The monoisotopic (exact) mass is 474 g/mol. The molecule has 0 aromatic heterocycles. The first-order valence-electron chi connectivity index (χ1n) is 11.3. The number of carboxylic acids is 1. The summed E-state index contributed by atoms with van der Waals surface area (Å²) in [5, 5.41) is 14.1. The van der Waals surface area contributed by atoms with Crippen LogP contribution in [0.1, 0.15) is 33.8 Å². The first-order valence-corrected chi connectivity index (χ1v) is 11.3. The van der Waals surface area contributed by atoms with Gasteiger partial charge in [-0.1, -0.05) is 48.5 Å². The Morgan fingerprint density at radius 2 is 1.63 bits per heavy atom. The summed E-state index contributed by atoms with van der Waals surface area (Å²) in [5.74, 6) is -2.81. The van der Waals surface area contributed by atoms with Gasteiger partial charge in [0.15, 0.2) is 0 Å². The molecule has 178 valence electrons. The van der Waals surface area contributed by atoms with E-state index < -0.39 is 29.7 Å². The minimum absolute atomic E-state index is 0.0199. The normalized spacial score (nSPS) is 17.7. The molecular formula is C27H23FN2O5. The fourth-order valence-electron chi connectivity index (χ4n) is 4.65. The fourth-order valence-corrected chi connectivity index (χ4v) is 4.65. The van der Waals surface area contributed by atoms with Crippen LogP contribution in [0.3, 0.4) is 0 Å². The Balaban J connectivity index is 1.21. The molecule has 3 N–H and O–H groups in total. The molecule has 0 spiro atoms. The number of anilines is 1. The van der Waals surface area contributed by atoms with Crippen LogP contribution >= 0.6 is 0 Å². The van der Waals surface area contributed by atoms with Gasteiger partial charge in [0, 0.05) is 23.7 Å². The molecular weight excluding hydrogens is 451 g/mol. The summed E-state index contributed by atoms with van der Waals surface area (Å²) in [6.45, 7) is 0.302. The summed E-state index contributed by atoms with van der Waals surface area (Å²) in [4.78, 5) is 35.8. The third-order valence-corrected chi connectivity index (χ3v) is 6.51. The van der Waals surface area contributed by atoms with Gasteiger partial charge in [0.05, 0.1) is 5.92 Å². The Labute approximate surface area is 200 Å². The summed E-state index contributed by atoms with van der Waals surface area (Å²) in [5.41, 5.74) is 4.48. The summed E-state index contributed by atoms with van der Waals surface area (Å²) < 4.78 is 19.6. The van der Waals surface area contributed by atoms with Gasteiger partial charge in [-0.2, -0.15) is 0 Å². The Morgan fingerprint density at radius 1 is 0.971 bits per heavy atom. The van der Waals surface area contributed by atoms with Crippen molar-refractivity contribution >= 4 is 23.7 Å². The summed E-state index contributed by atoms with van der Waals surface area (Å²) in [6, 6.07) is 19.4. The van der Waals surface area contributed by atoms with Crippen molar-refractivity contribution in [1.82, 2.24) is 5.32 Å². The Hall–Kier alpha value is -4.20. The van der Waals surface area contributed by atoms with Crippen LogP contribution in [0.4, 0.5) is 14.9 Å². The second-order valence-corrected chi connectivity index (χ2v) is 8.83. The quantitative estimate of drug-likeness (QED) is 0.463. The molecule has 7 nitrogen and oxygen atoms in total. The van der Waals surface area contributed by atoms with Crippen molar-refractivity contribution in [3.05, 3.63) is 89.2 Å². The highest BCUT2D eigenvalue weighted by atomic mass is 19.1. The van der Waals surface area contributed by atoms with Crippen molar-refractivity contribution in [3.8, 4) is 11.1 Å². The number of rotatable bonds is 7. The molecule has 0 saturated heterocycles. The molecule has 3 aromatic carbocycles. The van der Waals surface area contributed by atoms with Crippen LogP contribution < -0.4 is 10.6 Å². The van der Waals surface area contributed by atoms with Crippen LogP contribution in [0, 0.1) is 17.7 Å². The number of carboxylic acid groups (broad SMARTS) is 1. The van der Waals surface area contributed by atoms with Crippen molar-refractivity contribution < 1.29 is 28.6 Å². The number of benzene rings is 3. The van der Waals surface area contributed by atoms with Gasteiger partial charge in [-0.3, -0.25) is 14.9 Å². The molecule has 0 radical (unpaired) electrons. The van der Waals surface area contributed by atoms with E-state index in [1.54, 1.807) is 0 Å². The second kappa shape index (κ2) is 9.21. The zero-order chi connectivity index (χ0) is 24.5. The molecule has 5 rings (SSSR count). The van der Waals surface area contributed by atoms with Crippen molar-refractivity contribution in [1.29, 1.82) is 0 Å². The predicted octanol–water partition coefficient (Wildman–Crippen LogP) is 4.64. The fraction of sp³-hybridized carbons (Fsp3) is 0.222. The average molecular weight is 474 g/mol. The van der Waals surface area contributed by atoms with Gasteiger partial charge in [0.1, 0.15) is 12.4 Å². The highest BCUT2D eigenvalue weighted by Gasteiger charge is 2.43. The highest BCUT2D eigenvalue weighted by Crippen LogP contribution is 2.44. The molecule has 1 fully saturated rings. The lowest BCUT2D eigenvalue weighted by atomic mass is 9.98.